The first-order valence-electron chi connectivity index (χ1n) is 12.8. The molecule has 11 heteroatoms. The van der Waals surface area contributed by atoms with E-state index in [1.807, 2.05) is 46.4 Å². The number of carbonyl (C=O) groups excluding carboxylic acids is 1. The highest BCUT2D eigenvalue weighted by atomic mass is 35.5. The van der Waals surface area contributed by atoms with Crippen LogP contribution in [0, 0.1) is 11.6 Å². The van der Waals surface area contributed by atoms with Crippen molar-refractivity contribution in [2.75, 3.05) is 24.5 Å². The van der Waals surface area contributed by atoms with Gasteiger partial charge in [-0.05, 0) is 59.7 Å². The van der Waals surface area contributed by atoms with Crippen LogP contribution in [0.2, 0.25) is 5.02 Å². The molecule has 1 fully saturated rings. The third kappa shape index (κ3) is 5.20. The maximum atomic E-state index is 15.0. The van der Waals surface area contributed by atoms with Crippen molar-refractivity contribution in [1.29, 1.82) is 0 Å². The summed E-state index contributed by atoms with van der Waals surface area (Å²) in [6.45, 7) is 13.1. The van der Waals surface area contributed by atoms with Gasteiger partial charge in [-0.2, -0.15) is 4.98 Å². The predicted molar refractivity (Wildman–Crippen MR) is 151 cm³/mol. The fourth-order valence-electron chi connectivity index (χ4n) is 5.22. The third-order valence-corrected chi connectivity index (χ3v) is 8.40. The van der Waals surface area contributed by atoms with Crippen molar-refractivity contribution in [2.45, 2.75) is 69.4 Å². The zero-order valence-electron chi connectivity index (χ0n) is 22.8. The van der Waals surface area contributed by atoms with E-state index in [4.69, 9.17) is 16.3 Å². The van der Waals surface area contributed by atoms with Gasteiger partial charge in [0.25, 0.3) is 0 Å². The van der Waals surface area contributed by atoms with Gasteiger partial charge in [0.2, 0.25) is 0 Å². The monoisotopic (exact) mass is 576 g/mol. The predicted octanol–water partition coefficient (Wildman–Crippen LogP) is 6.33. The third-order valence-electron chi connectivity index (χ3n) is 6.82. The number of piperazine rings is 1. The molecule has 0 aliphatic carbocycles. The van der Waals surface area contributed by atoms with Crippen molar-refractivity contribution >= 4 is 46.2 Å². The zero-order valence-corrected chi connectivity index (χ0v) is 24.3. The van der Waals surface area contributed by atoms with Gasteiger partial charge < -0.3 is 14.5 Å². The first-order chi connectivity index (χ1) is 18.1. The van der Waals surface area contributed by atoms with E-state index in [9.17, 15) is 14.0 Å². The molecule has 5 rings (SSSR count). The lowest BCUT2D eigenvalue weighted by atomic mass is 10.0. The summed E-state index contributed by atoms with van der Waals surface area (Å²) in [7, 11) is 0. The zero-order chi connectivity index (χ0) is 28.4. The summed E-state index contributed by atoms with van der Waals surface area (Å²) in [5.41, 5.74) is 0.196. The summed E-state index contributed by atoms with van der Waals surface area (Å²) in [6.07, 6.45) is -0.383. The molecule has 0 spiro atoms. The SMILES string of the molecule is C[C@H]1CN(C(=O)OC(C)(C)C)CCN1c1nc(=O)n2c3c(c(-c4ccc(F)cc4F)c(Cl)cc13)SC(C)(C)C2. The van der Waals surface area contributed by atoms with E-state index in [-0.39, 0.29) is 22.7 Å². The number of nitrogens with zero attached hydrogens (tertiary/aromatic N) is 4. The molecule has 1 atom stereocenters. The van der Waals surface area contributed by atoms with E-state index in [2.05, 4.69) is 4.98 Å². The molecule has 0 N–H and O–H groups in total. The second-order valence-electron chi connectivity index (χ2n) is 11.7. The molecule has 2 aliphatic heterocycles. The molecule has 0 radical (unpaired) electrons. The Hall–Kier alpha value is -2.85. The molecule has 39 heavy (non-hydrogen) atoms. The fraction of sp³-hybridized carbons (Fsp3) is 0.464. The first kappa shape index (κ1) is 27.7. The van der Waals surface area contributed by atoms with E-state index in [1.165, 1.54) is 23.9 Å². The number of rotatable bonds is 2. The second-order valence-corrected chi connectivity index (χ2v) is 13.8. The normalized spacial score (nSPS) is 18.9. The maximum Gasteiger partial charge on any atom is 0.410 e. The summed E-state index contributed by atoms with van der Waals surface area (Å²) >= 11 is 8.35. The molecule has 0 bridgehead atoms. The van der Waals surface area contributed by atoms with Crippen LogP contribution in [0.3, 0.4) is 0 Å². The molecule has 7 nitrogen and oxygen atoms in total. The number of hydrogen-bond acceptors (Lipinski definition) is 6. The molecule has 208 valence electrons. The molecule has 0 saturated carbocycles. The molecule has 0 unspecified atom stereocenters. The van der Waals surface area contributed by atoms with Gasteiger partial charge in [0.15, 0.2) is 0 Å². The summed E-state index contributed by atoms with van der Waals surface area (Å²) < 4.78 is 35.5. The van der Waals surface area contributed by atoms with Crippen LogP contribution in [0.1, 0.15) is 41.5 Å². The highest BCUT2D eigenvalue weighted by molar-refractivity contribution is 8.01. The molecule has 1 saturated heterocycles. The number of halogens is 3. The Balaban J connectivity index is 1.65. The Labute approximate surface area is 235 Å². The molecule has 1 amide bonds. The number of ether oxygens (including phenoxy) is 1. The molecule has 2 aromatic carbocycles. The number of benzene rings is 2. The number of amides is 1. The summed E-state index contributed by atoms with van der Waals surface area (Å²) in [6, 6.07) is 4.95. The molecule has 3 aromatic rings. The summed E-state index contributed by atoms with van der Waals surface area (Å²) in [5.74, 6) is -0.943. The van der Waals surface area contributed by atoms with Crippen LogP contribution < -0.4 is 10.6 Å². The number of thioether (sulfide) groups is 1. The van der Waals surface area contributed by atoms with Crippen molar-refractivity contribution < 1.29 is 18.3 Å². The van der Waals surface area contributed by atoms with Gasteiger partial charge in [-0.15, -0.1) is 11.8 Å². The van der Waals surface area contributed by atoms with Crippen LogP contribution >= 0.6 is 23.4 Å². The quantitative estimate of drug-likeness (QED) is 0.355. The molecule has 3 heterocycles. The Morgan fingerprint density at radius 2 is 1.92 bits per heavy atom. The van der Waals surface area contributed by atoms with Crippen molar-refractivity contribution in [3.8, 4) is 11.1 Å². The van der Waals surface area contributed by atoms with Crippen molar-refractivity contribution in [3.63, 3.8) is 0 Å². The molecular formula is C28H31ClF2N4O3S. The largest absolute Gasteiger partial charge is 0.444 e. The number of anilines is 1. The lowest BCUT2D eigenvalue weighted by Crippen LogP contribution is -2.55. The Morgan fingerprint density at radius 1 is 1.21 bits per heavy atom. The number of hydrogen-bond donors (Lipinski definition) is 0. The minimum Gasteiger partial charge on any atom is -0.444 e. The Kier molecular flexibility index (Phi) is 6.86. The van der Waals surface area contributed by atoms with Crippen LogP contribution in [0.15, 0.2) is 34.0 Å². The highest BCUT2D eigenvalue weighted by Crippen LogP contribution is 2.51. The van der Waals surface area contributed by atoms with Gasteiger partial charge in [0, 0.05) is 64.4 Å². The fourth-order valence-corrected chi connectivity index (χ4v) is 6.97. The Bertz CT molecular complexity index is 1550. The smallest absolute Gasteiger partial charge is 0.410 e. The highest BCUT2D eigenvalue weighted by Gasteiger charge is 2.36. The van der Waals surface area contributed by atoms with Crippen molar-refractivity contribution in [2.24, 2.45) is 0 Å². The topological polar surface area (TPSA) is 67.7 Å². The van der Waals surface area contributed by atoms with Gasteiger partial charge in [-0.3, -0.25) is 4.57 Å². The maximum absolute atomic E-state index is 15.0. The lowest BCUT2D eigenvalue weighted by Gasteiger charge is -2.41. The van der Waals surface area contributed by atoms with E-state index >= 15 is 4.39 Å². The average Bonchev–Trinajstić information content (AvgIpc) is 2.80. The van der Waals surface area contributed by atoms with Crippen LogP contribution in [-0.4, -0.2) is 56.6 Å². The molecule has 1 aromatic heterocycles. The molecule has 2 aliphatic rings. The van der Waals surface area contributed by atoms with Crippen molar-refractivity contribution in [1.82, 2.24) is 14.5 Å². The average molecular weight is 577 g/mol. The summed E-state index contributed by atoms with van der Waals surface area (Å²) in [4.78, 5) is 34.9. The van der Waals surface area contributed by atoms with Gasteiger partial charge >= 0.3 is 11.8 Å². The second kappa shape index (κ2) is 9.66. The van der Waals surface area contributed by atoms with E-state index in [1.54, 1.807) is 15.5 Å². The van der Waals surface area contributed by atoms with E-state index in [0.717, 1.165) is 6.07 Å². The van der Waals surface area contributed by atoms with E-state index < -0.39 is 27.7 Å². The van der Waals surface area contributed by atoms with Gasteiger partial charge in [-0.1, -0.05) is 11.6 Å². The van der Waals surface area contributed by atoms with Gasteiger partial charge in [0.05, 0.1) is 10.5 Å². The summed E-state index contributed by atoms with van der Waals surface area (Å²) in [5, 5.41) is 0.947. The van der Waals surface area contributed by atoms with Crippen LogP contribution in [0.25, 0.3) is 22.0 Å². The Morgan fingerprint density at radius 3 is 2.56 bits per heavy atom. The minimum absolute atomic E-state index is 0.166. The first-order valence-corrected chi connectivity index (χ1v) is 14.0. The standard InChI is InChI=1S/C28H31ClF2N4O3S/c1-15-13-33(26(37)38-27(2,3)4)9-10-34(15)24-18-12-19(29)21(17-8-7-16(30)11-20(17)31)23-22(18)35(25(36)32-24)14-28(5,6)39-23/h7-8,11-12,15H,9-10,13-14H2,1-6H3/t15-/m0/s1. The number of carbonyl (C=O) groups is 1. The number of aromatic nitrogens is 2. The van der Waals surface area contributed by atoms with Crippen LogP contribution in [0.4, 0.5) is 19.4 Å². The minimum atomic E-state index is -0.730. The van der Waals surface area contributed by atoms with Crippen molar-refractivity contribution in [3.05, 3.63) is 51.4 Å². The molecular weight excluding hydrogens is 546 g/mol. The van der Waals surface area contributed by atoms with Crippen LogP contribution in [-0.2, 0) is 11.3 Å². The lowest BCUT2D eigenvalue weighted by molar-refractivity contribution is 0.0218. The van der Waals surface area contributed by atoms with Gasteiger partial charge in [0.1, 0.15) is 23.1 Å². The van der Waals surface area contributed by atoms with E-state index in [0.29, 0.717) is 53.4 Å². The van der Waals surface area contributed by atoms with Gasteiger partial charge in [-0.25, -0.2) is 18.4 Å². The van der Waals surface area contributed by atoms with Crippen LogP contribution in [0.5, 0.6) is 0 Å².